The number of rotatable bonds is 1. The molecule has 1 heterocycles. The van der Waals surface area contributed by atoms with Crippen molar-refractivity contribution in [1.29, 1.82) is 0 Å². The van der Waals surface area contributed by atoms with Crippen LogP contribution < -0.4 is 5.73 Å². The Hall–Kier alpha value is -0.680. The lowest BCUT2D eigenvalue weighted by atomic mass is 10.1. The third kappa shape index (κ3) is 2.96. The summed E-state index contributed by atoms with van der Waals surface area (Å²) in [6.45, 7) is 1.66. The highest BCUT2D eigenvalue weighted by molar-refractivity contribution is 9.10. The summed E-state index contributed by atoms with van der Waals surface area (Å²) in [5.41, 5.74) is 7.07. The van der Waals surface area contributed by atoms with Gasteiger partial charge in [0.05, 0.1) is 10.0 Å². The van der Waals surface area contributed by atoms with E-state index in [2.05, 4.69) is 15.9 Å². The summed E-state index contributed by atoms with van der Waals surface area (Å²) in [6.07, 6.45) is 1.07. The highest BCUT2D eigenvalue weighted by atomic mass is 79.9. The molecule has 0 radical (unpaired) electrons. The van der Waals surface area contributed by atoms with Gasteiger partial charge in [-0.1, -0.05) is 6.07 Å². The molecule has 0 saturated carbocycles. The molecule has 1 aromatic rings. The van der Waals surface area contributed by atoms with E-state index in [-0.39, 0.29) is 5.91 Å². The molecule has 0 aromatic heterocycles. The van der Waals surface area contributed by atoms with Crippen LogP contribution in [0.25, 0.3) is 0 Å². The van der Waals surface area contributed by atoms with Crippen LogP contribution in [0.4, 0.5) is 5.69 Å². The summed E-state index contributed by atoms with van der Waals surface area (Å²) in [5, 5.41) is 0. The van der Waals surface area contributed by atoms with Crippen LogP contribution in [-0.4, -0.2) is 35.4 Å². The maximum atomic E-state index is 12.4. The number of hydrogen-bond acceptors (Lipinski definition) is 3. The SMILES string of the molecule is Nc1cccc(C(=O)N2CCCSCC2)c1Br. The fourth-order valence-corrected chi connectivity index (χ4v) is 3.16. The fraction of sp³-hybridized carbons (Fsp3) is 0.417. The van der Waals surface area contributed by atoms with Gasteiger partial charge in [0.1, 0.15) is 0 Å². The van der Waals surface area contributed by atoms with E-state index in [1.165, 1.54) is 0 Å². The van der Waals surface area contributed by atoms with Gasteiger partial charge in [-0.3, -0.25) is 4.79 Å². The first kappa shape index (κ1) is 12.8. The lowest BCUT2D eigenvalue weighted by Crippen LogP contribution is -2.33. The number of nitrogens with two attached hydrogens (primary N) is 1. The van der Waals surface area contributed by atoms with Crippen LogP contribution >= 0.6 is 27.7 Å². The summed E-state index contributed by atoms with van der Waals surface area (Å²) in [5.74, 6) is 2.24. The standard InChI is InChI=1S/C12H15BrN2OS/c13-11-9(3-1-4-10(11)14)12(16)15-5-2-7-17-8-6-15/h1,3-4H,2,5-8,14H2. The van der Waals surface area contributed by atoms with Crippen molar-refractivity contribution in [2.24, 2.45) is 0 Å². The van der Waals surface area contributed by atoms with E-state index in [1.54, 1.807) is 6.07 Å². The average Bonchev–Trinajstić information content (AvgIpc) is 2.60. The minimum absolute atomic E-state index is 0.0756. The van der Waals surface area contributed by atoms with Gasteiger partial charge in [-0.15, -0.1) is 0 Å². The third-order valence-corrected chi connectivity index (χ3v) is 4.70. The monoisotopic (exact) mass is 314 g/mol. The molecule has 0 aliphatic carbocycles. The van der Waals surface area contributed by atoms with Crippen molar-refractivity contribution in [2.75, 3.05) is 30.3 Å². The average molecular weight is 315 g/mol. The minimum atomic E-state index is 0.0756. The number of hydrogen-bond donors (Lipinski definition) is 1. The second-order valence-electron chi connectivity index (χ2n) is 3.97. The summed E-state index contributed by atoms with van der Waals surface area (Å²) in [6, 6.07) is 5.43. The molecule has 1 aromatic carbocycles. The van der Waals surface area contributed by atoms with Crippen molar-refractivity contribution in [3.05, 3.63) is 28.2 Å². The number of anilines is 1. The molecule has 1 saturated heterocycles. The number of carbonyl (C=O) groups excluding carboxylic acids is 1. The van der Waals surface area contributed by atoms with E-state index < -0.39 is 0 Å². The number of carbonyl (C=O) groups is 1. The number of thioether (sulfide) groups is 1. The summed E-state index contributed by atoms with van der Waals surface area (Å²) in [7, 11) is 0. The molecule has 3 nitrogen and oxygen atoms in total. The summed E-state index contributed by atoms with van der Waals surface area (Å²) in [4.78, 5) is 14.3. The molecule has 17 heavy (non-hydrogen) atoms. The van der Waals surface area contributed by atoms with Crippen molar-refractivity contribution < 1.29 is 4.79 Å². The quantitative estimate of drug-likeness (QED) is 0.810. The number of nitrogens with zero attached hydrogens (tertiary/aromatic N) is 1. The molecule has 5 heteroatoms. The molecule has 1 aliphatic rings. The molecular formula is C12H15BrN2OS. The second-order valence-corrected chi connectivity index (χ2v) is 5.98. The molecular weight excluding hydrogens is 300 g/mol. The van der Waals surface area contributed by atoms with Crippen molar-refractivity contribution in [1.82, 2.24) is 4.90 Å². The van der Waals surface area contributed by atoms with Gasteiger partial charge in [-0.2, -0.15) is 11.8 Å². The first-order valence-corrected chi connectivity index (χ1v) is 7.56. The maximum Gasteiger partial charge on any atom is 0.255 e. The van der Waals surface area contributed by atoms with Crippen LogP contribution in [-0.2, 0) is 0 Å². The predicted molar refractivity (Wildman–Crippen MR) is 76.4 cm³/mol. The second kappa shape index (κ2) is 5.78. The van der Waals surface area contributed by atoms with E-state index in [1.807, 2.05) is 28.8 Å². The lowest BCUT2D eigenvalue weighted by Gasteiger charge is -2.20. The number of amides is 1. The molecule has 2 N–H and O–H groups in total. The first-order valence-electron chi connectivity index (χ1n) is 5.61. The predicted octanol–water partition coefficient (Wildman–Crippen LogP) is 2.61. The topological polar surface area (TPSA) is 46.3 Å². The Morgan fingerprint density at radius 2 is 2.18 bits per heavy atom. The van der Waals surface area contributed by atoms with Crippen LogP contribution in [0.3, 0.4) is 0 Å². The van der Waals surface area contributed by atoms with E-state index in [0.29, 0.717) is 15.7 Å². The van der Waals surface area contributed by atoms with E-state index in [9.17, 15) is 4.79 Å². The molecule has 0 bridgehead atoms. The van der Waals surface area contributed by atoms with Crippen molar-refractivity contribution >= 4 is 39.3 Å². The molecule has 1 amide bonds. The Balaban J connectivity index is 2.20. The van der Waals surface area contributed by atoms with Gasteiger partial charge in [-0.25, -0.2) is 0 Å². The van der Waals surface area contributed by atoms with Crippen molar-refractivity contribution in [3.8, 4) is 0 Å². The smallest absolute Gasteiger partial charge is 0.255 e. The summed E-state index contributed by atoms with van der Waals surface area (Å²) >= 11 is 5.30. The number of nitrogen functional groups attached to an aromatic ring is 1. The third-order valence-electron chi connectivity index (χ3n) is 2.77. The molecule has 0 spiro atoms. The lowest BCUT2D eigenvalue weighted by molar-refractivity contribution is 0.0767. The van der Waals surface area contributed by atoms with Crippen LogP contribution in [0.2, 0.25) is 0 Å². The molecule has 0 atom stereocenters. The minimum Gasteiger partial charge on any atom is -0.398 e. The molecule has 1 fully saturated rings. The molecule has 1 aliphatic heterocycles. The zero-order chi connectivity index (χ0) is 12.3. The normalized spacial score (nSPS) is 16.6. The Bertz CT molecular complexity index is 417. The largest absolute Gasteiger partial charge is 0.398 e. The highest BCUT2D eigenvalue weighted by Crippen LogP contribution is 2.25. The van der Waals surface area contributed by atoms with E-state index in [4.69, 9.17) is 5.73 Å². The van der Waals surface area contributed by atoms with Gasteiger partial charge in [0, 0.05) is 24.5 Å². The highest BCUT2D eigenvalue weighted by Gasteiger charge is 2.20. The van der Waals surface area contributed by atoms with Crippen LogP contribution in [0.1, 0.15) is 16.8 Å². The van der Waals surface area contributed by atoms with Gasteiger partial charge in [0.25, 0.3) is 5.91 Å². The molecule has 92 valence electrons. The van der Waals surface area contributed by atoms with Gasteiger partial charge >= 0.3 is 0 Å². The van der Waals surface area contributed by atoms with E-state index in [0.717, 1.165) is 31.0 Å². The van der Waals surface area contributed by atoms with Crippen molar-refractivity contribution in [2.45, 2.75) is 6.42 Å². The van der Waals surface area contributed by atoms with Gasteiger partial charge in [-0.05, 0) is 40.2 Å². The van der Waals surface area contributed by atoms with Crippen molar-refractivity contribution in [3.63, 3.8) is 0 Å². The Morgan fingerprint density at radius 3 is 3.00 bits per heavy atom. The van der Waals surface area contributed by atoms with Crippen LogP contribution in [0.5, 0.6) is 0 Å². The zero-order valence-electron chi connectivity index (χ0n) is 9.49. The van der Waals surface area contributed by atoms with Crippen LogP contribution in [0.15, 0.2) is 22.7 Å². The molecule has 2 rings (SSSR count). The van der Waals surface area contributed by atoms with Gasteiger partial charge in [0.15, 0.2) is 0 Å². The number of halogens is 1. The number of benzene rings is 1. The Kier molecular flexibility index (Phi) is 4.34. The van der Waals surface area contributed by atoms with E-state index >= 15 is 0 Å². The fourth-order valence-electron chi connectivity index (χ4n) is 1.83. The molecule has 0 unspecified atom stereocenters. The van der Waals surface area contributed by atoms with Crippen LogP contribution in [0, 0.1) is 0 Å². The maximum absolute atomic E-state index is 12.4. The van der Waals surface area contributed by atoms with Gasteiger partial charge in [0.2, 0.25) is 0 Å². The first-order chi connectivity index (χ1) is 8.20. The van der Waals surface area contributed by atoms with Gasteiger partial charge < -0.3 is 10.6 Å². The Morgan fingerprint density at radius 1 is 1.35 bits per heavy atom. The zero-order valence-corrected chi connectivity index (χ0v) is 11.9. The summed E-state index contributed by atoms with van der Waals surface area (Å²) < 4.78 is 0.710. The Labute approximate surface area is 114 Å².